The SMILES string of the molecule is COc1cc2c(c(OC)c1OC)-c1ccc(N3CCC(c4ccccc4)CC3)c(=O)cc1C(NC(C)=O)CC2. The maximum atomic E-state index is 13.7. The molecule has 3 aromatic rings. The van der Waals surface area contributed by atoms with Gasteiger partial charge in [-0.25, -0.2) is 0 Å². The summed E-state index contributed by atoms with van der Waals surface area (Å²) in [6, 6.07) is 17.9. The van der Waals surface area contributed by atoms with Crippen molar-refractivity contribution in [2.75, 3.05) is 39.3 Å². The summed E-state index contributed by atoms with van der Waals surface area (Å²) >= 11 is 0. The van der Waals surface area contributed by atoms with Gasteiger partial charge in [-0.15, -0.1) is 0 Å². The summed E-state index contributed by atoms with van der Waals surface area (Å²) in [4.78, 5) is 28.1. The highest BCUT2D eigenvalue weighted by Gasteiger charge is 2.30. The molecule has 39 heavy (non-hydrogen) atoms. The molecule has 5 rings (SSSR count). The summed E-state index contributed by atoms with van der Waals surface area (Å²) in [7, 11) is 4.80. The summed E-state index contributed by atoms with van der Waals surface area (Å²) in [6.07, 6.45) is 3.29. The van der Waals surface area contributed by atoms with Gasteiger partial charge >= 0.3 is 0 Å². The molecule has 204 valence electrons. The largest absolute Gasteiger partial charge is 0.493 e. The van der Waals surface area contributed by atoms with E-state index in [2.05, 4.69) is 34.5 Å². The number of anilines is 1. The Morgan fingerprint density at radius 3 is 2.26 bits per heavy atom. The van der Waals surface area contributed by atoms with Crippen molar-refractivity contribution in [3.8, 4) is 28.4 Å². The zero-order valence-corrected chi connectivity index (χ0v) is 23.1. The number of amides is 1. The van der Waals surface area contributed by atoms with E-state index in [1.165, 1.54) is 12.5 Å². The standard InChI is InChI=1S/C32H36N2O5/c1-20(35)33-26-12-10-23-18-29(37-2)31(38-3)32(39-4)30(23)24-11-13-27(28(36)19-25(24)26)34-16-14-22(15-17-34)21-8-6-5-7-9-21/h5-9,11,13,18-19,22,26H,10,12,14-17H2,1-4H3,(H,33,35). The van der Waals surface area contributed by atoms with Gasteiger partial charge in [-0.3, -0.25) is 9.59 Å². The lowest BCUT2D eigenvalue weighted by molar-refractivity contribution is -0.119. The van der Waals surface area contributed by atoms with Gasteiger partial charge in [0.05, 0.1) is 33.1 Å². The molecule has 3 aromatic carbocycles. The van der Waals surface area contributed by atoms with Gasteiger partial charge in [-0.1, -0.05) is 36.4 Å². The Bertz CT molecular complexity index is 1410. The third-order valence-corrected chi connectivity index (χ3v) is 8.00. The molecule has 7 heteroatoms. The van der Waals surface area contributed by atoms with E-state index in [-0.39, 0.29) is 17.4 Å². The smallest absolute Gasteiger partial charge is 0.217 e. The van der Waals surface area contributed by atoms with Crippen LogP contribution in [0.15, 0.2) is 59.4 Å². The van der Waals surface area contributed by atoms with Crippen molar-refractivity contribution in [3.05, 3.63) is 81.5 Å². The Hall–Kier alpha value is -4.00. The molecule has 1 unspecified atom stereocenters. The van der Waals surface area contributed by atoms with Crippen LogP contribution in [0.3, 0.4) is 0 Å². The average molecular weight is 529 g/mol. The van der Waals surface area contributed by atoms with Gasteiger partial charge in [0, 0.05) is 25.6 Å². The van der Waals surface area contributed by atoms with Crippen molar-refractivity contribution in [1.82, 2.24) is 5.32 Å². The van der Waals surface area contributed by atoms with E-state index in [1.54, 1.807) is 27.4 Å². The first kappa shape index (κ1) is 26.6. The first-order chi connectivity index (χ1) is 18.9. The minimum absolute atomic E-state index is 0.0485. The molecule has 0 bridgehead atoms. The Labute approximate surface area is 229 Å². The van der Waals surface area contributed by atoms with Crippen molar-refractivity contribution in [2.24, 2.45) is 0 Å². The van der Waals surface area contributed by atoms with Crippen LogP contribution in [-0.4, -0.2) is 40.3 Å². The molecule has 0 aromatic heterocycles. The van der Waals surface area contributed by atoms with Crippen LogP contribution in [0.5, 0.6) is 17.2 Å². The van der Waals surface area contributed by atoms with Gasteiger partial charge in [-0.05, 0) is 72.1 Å². The van der Waals surface area contributed by atoms with Gasteiger partial charge in [0.2, 0.25) is 17.1 Å². The van der Waals surface area contributed by atoms with Crippen LogP contribution < -0.4 is 29.9 Å². The second kappa shape index (κ2) is 11.4. The molecule has 1 fully saturated rings. The summed E-state index contributed by atoms with van der Waals surface area (Å²) in [5.41, 5.74) is 5.50. The minimum Gasteiger partial charge on any atom is -0.493 e. The molecule has 1 N–H and O–H groups in total. The molecule has 7 nitrogen and oxygen atoms in total. The van der Waals surface area contributed by atoms with Crippen LogP contribution >= 0.6 is 0 Å². The van der Waals surface area contributed by atoms with Gasteiger partial charge < -0.3 is 24.4 Å². The summed E-state index contributed by atoms with van der Waals surface area (Å²) in [5.74, 6) is 2.00. The van der Waals surface area contributed by atoms with E-state index in [1.807, 2.05) is 24.3 Å². The Kier molecular flexibility index (Phi) is 7.77. The average Bonchev–Trinajstić information content (AvgIpc) is 3.21. The van der Waals surface area contributed by atoms with E-state index < -0.39 is 0 Å². The molecular formula is C32H36N2O5. The highest BCUT2D eigenvalue weighted by Crippen LogP contribution is 2.50. The Balaban J connectivity index is 1.61. The third-order valence-electron chi connectivity index (χ3n) is 8.00. The first-order valence-electron chi connectivity index (χ1n) is 13.5. The molecule has 1 atom stereocenters. The Morgan fingerprint density at radius 1 is 0.897 bits per heavy atom. The lowest BCUT2D eigenvalue weighted by atomic mass is 9.89. The maximum absolute atomic E-state index is 13.7. The van der Waals surface area contributed by atoms with Crippen molar-refractivity contribution < 1.29 is 19.0 Å². The zero-order chi connectivity index (χ0) is 27.5. The van der Waals surface area contributed by atoms with Gasteiger partial charge in [-0.2, -0.15) is 0 Å². The monoisotopic (exact) mass is 528 g/mol. The molecule has 0 radical (unpaired) electrons. The second-order valence-electron chi connectivity index (χ2n) is 10.2. The highest BCUT2D eigenvalue weighted by molar-refractivity contribution is 5.83. The van der Waals surface area contributed by atoms with Crippen molar-refractivity contribution in [3.63, 3.8) is 0 Å². The number of benzene rings is 2. The molecular weight excluding hydrogens is 492 g/mol. The fourth-order valence-corrected chi connectivity index (χ4v) is 6.14. The first-order valence-corrected chi connectivity index (χ1v) is 13.5. The lowest BCUT2D eigenvalue weighted by Crippen LogP contribution is -2.35. The van der Waals surface area contributed by atoms with E-state index in [9.17, 15) is 9.59 Å². The van der Waals surface area contributed by atoms with Gasteiger partial charge in [0.25, 0.3) is 0 Å². The predicted molar refractivity (Wildman–Crippen MR) is 153 cm³/mol. The number of nitrogens with zero attached hydrogens (tertiary/aromatic N) is 1. The molecule has 1 amide bonds. The number of aryl methyl sites for hydroxylation is 1. The number of nitrogens with one attached hydrogen (secondary N) is 1. The molecule has 1 saturated heterocycles. The van der Waals surface area contributed by atoms with E-state index in [0.29, 0.717) is 41.7 Å². The van der Waals surface area contributed by atoms with Crippen LogP contribution in [0.4, 0.5) is 5.69 Å². The topological polar surface area (TPSA) is 77.1 Å². The third kappa shape index (κ3) is 5.18. The summed E-state index contributed by atoms with van der Waals surface area (Å²) in [5, 5.41) is 3.08. The minimum atomic E-state index is -0.316. The normalized spacial score (nSPS) is 16.9. The molecule has 1 aliphatic heterocycles. The molecule has 0 spiro atoms. The number of methoxy groups -OCH3 is 3. The van der Waals surface area contributed by atoms with Gasteiger partial charge in [0.15, 0.2) is 11.5 Å². The molecule has 1 aliphatic carbocycles. The van der Waals surface area contributed by atoms with E-state index in [0.717, 1.165) is 48.2 Å². The number of rotatable bonds is 6. The summed E-state index contributed by atoms with van der Waals surface area (Å²) in [6.45, 7) is 3.13. The lowest BCUT2D eigenvalue weighted by Gasteiger charge is -2.33. The van der Waals surface area contributed by atoms with Crippen LogP contribution in [-0.2, 0) is 11.2 Å². The number of ether oxygens (including phenoxy) is 3. The van der Waals surface area contributed by atoms with Crippen molar-refractivity contribution in [2.45, 2.75) is 44.6 Å². The fourth-order valence-electron chi connectivity index (χ4n) is 6.14. The zero-order valence-electron chi connectivity index (χ0n) is 23.1. The van der Waals surface area contributed by atoms with Gasteiger partial charge in [0.1, 0.15) is 0 Å². The predicted octanol–water partition coefficient (Wildman–Crippen LogP) is 5.25. The van der Waals surface area contributed by atoms with E-state index >= 15 is 0 Å². The molecule has 1 heterocycles. The summed E-state index contributed by atoms with van der Waals surface area (Å²) < 4.78 is 17.2. The van der Waals surface area contributed by atoms with Crippen LogP contribution in [0.2, 0.25) is 0 Å². The van der Waals surface area contributed by atoms with Crippen LogP contribution in [0, 0.1) is 0 Å². The number of carbonyl (C=O) groups excluding carboxylic acids is 1. The van der Waals surface area contributed by atoms with Crippen LogP contribution in [0.25, 0.3) is 11.1 Å². The maximum Gasteiger partial charge on any atom is 0.217 e. The Morgan fingerprint density at radius 2 is 1.62 bits per heavy atom. The fraction of sp³-hybridized carbons (Fsp3) is 0.375. The second-order valence-corrected chi connectivity index (χ2v) is 10.2. The van der Waals surface area contributed by atoms with E-state index in [4.69, 9.17) is 14.2 Å². The van der Waals surface area contributed by atoms with Crippen molar-refractivity contribution in [1.29, 1.82) is 0 Å². The van der Waals surface area contributed by atoms with Crippen LogP contribution in [0.1, 0.15) is 54.8 Å². The quantitative estimate of drug-likeness (QED) is 0.471. The number of carbonyl (C=O) groups is 1. The van der Waals surface area contributed by atoms with Crippen molar-refractivity contribution >= 4 is 11.6 Å². The number of piperidine rings is 1. The molecule has 2 aliphatic rings. The molecule has 0 saturated carbocycles. The highest BCUT2D eigenvalue weighted by atomic mass is 16.5. The number of fused-ring (bicyclic) bond motifs is 3. The number of hydrogen-bond acceptors (Lipinski definition) is 6. The number of hydrogen-bond donors (Lipinski definition) is 1.